The molecule has 0 amide bonds. The first-order valence-corrected chi connectivity index (χ1v) is 10.7. The standard InChI is InChI=1S/C25H26ClNO3/c1-17-20(14-27-15-21(16-27)25(28)29)7-6-19-13-23(10-11-24(17)19)30-12-2-3-18-4-8-22(26)9-5-18/h2-5,8-11,13,21H,6-7,12,14-16H2,1H3,(H,28,29). The van der Waals surface area contributed by atoms with E-state index in [2.05, 4.69) is 24.0 Å². The van der Waals surface area contributed by atoms with Crippen LogP contribution in [0.3, 0.4) is 0 Å². The Bertz CT molecular complexity index is 988. The minimum absolute atomic E-state index is 0.199. The predicted molar refractivity (Wildman–Crippen MR) is 121 cm³/mol. The van der Waals surface area contributed by atoms with E-state index in [1.165, 1.54) is 22.3 Å². The lowest BCUT2D eigenvalue weighted by Crippen LogP contribution is -2.50. The predicted octanol–water partition coefficient (Wildman–Crippen LogP) is 5.17. The summed E-state index contributed by atoms with van der Waals surface area (Å²) in [6.45, 7) is 4.89. The molecule has 0 spiro atoms. The SMILES string of the molecule is CC1=C(CN2CC(C(=O)O)C2)CCc2cc(OCC=Cc3ccc(Cl)cc3)ccc21. The van der Waals surface area contributed by atoms with Crippen LogP contribution in [-0.2, 0) is 11.2 Å². The molecule has 0 atom stereocenters. The van der Waals surface area contributed by atoms with Gasteiger partial charge in [0.25, 0.3) is 0 Å². The second-order valence-corrected chi connectivity index (χ2v) is 8.48. The van der Waals surface area contributed by atoms with Crippen LogP contribution in [0, 0.1) is 5.92 Å². The van der Waals surface area contributed by atoms with E-state index in [0.717, 1.165) is 35.7 Å². The largest absolute Gasteiger partial charge is 0.490 e. The topological polar surface area (TPSA) is 49.8 Å². The van der Waals surface area contributed by atoms with Gasteiger partial charge in [-0.1, -0.05) is 41.4 Å². The molecule has 1 saturated heterocycles. The van der Waals surface area contributed by atoms with Gasteiger partial charge in [0.1, 0.15) is 12.4 Å². The van der Waals surface area contributed by atoms with Gasteiger partial charge in [-0.2, -0.15) is 0 Å². The van der Waals surface area contributed by atoms with E-state index >= 15 is 0 Å². The number of halogens is 1. The average molecular weight is 424 g/mol. The summed E-state index contributed by atoms with van der Waals surface area (Å²) in [6, 6.07) is 14.0. The van der Waals surface area contributed by atoms with Crippen LogP contribution >= 0.6 is 11.6 Å². The highest BCUT2D eigenvalue weighted by Gasteiger charge is 2.33. The summed E-state index contributed by atoms with van der Waals surface area (Å²) in [6.07, 6.45) is 6.05. The molecule has 0 radical (unpaired) electrons. The van der Waals surface area contributed by atoms with Crippen molar-refractivity contribution in [1.29, 1.82) is 0 Å². The van der Waals surface area contributed by atoms with Crippen LogP contribution in [0.4, 0.5) is 0 Å². The lowest BCUT2D eigenvalue weighted by Gasteiger charge is -2.38. The fraction of sp³-hybridized carbons (Fsp3) is 0.320. The summed E-state index contributed by atoms with van der Waals surface area (Å²) in [5, 5.41) is 9.79. The van der Waals surface area contributed by atoms with Gasteiger partial charge in [0.2, 0.25) is 0 Å². The molecule has 5 heteroatoms. The molecule has 30 heavy (non-hydrogen) atoms. The van der Waals surface area contributed by atoms with Crippen molar-refractivity contribution in [3.63, 3.8) is 0 Å². The molecule has 4 nitrogen and oxygen atoms in total. The van der Waals surface area contributed by atoms with Gasteiger partial charge in [-0.25, -0.2) is 0 Å². The van der Waals surface area contributed by atoms with Gasteiger partial charge in [-0.05, 0) is 72.4 Å². The maximum atomic E-state index is 11.0. The molecule has 1 N–H and O–H groups in total. The number of hydrogen-bond acceptors (Lipinski definition) is 3. The molecule has 1 aliphatic heterocycles. The van der Waals surface area contributed by atoms with E-state index in [9.17, 15) is 4.79 Å². The highest BCUT2D eigenvalue weighted by Crippen LogP contribution is 2.34. The van der Waals surface area contributed by atoms with Crippen LogP contribution in [0.2, 0.25) is 5.02 Å². The van der Waals surface area contributed by atoms with E-state index in [0.29, 0.717) is 19.7 Å². The first-order valence-electron chi connectivity index (χ1n) is 10.3. The van der Waals surface area contributed by atoms with E-state index in [1.54, 1.807) is 0 Å². The maximum Gasteiger partial charge on any atom is 0.309 e. The van der Waals surface area contributed by atoms with Gasteiger partial charge >= 0.3 is 5.97 Å². The number of aliphatic carboxylic acids is 1. The van der Waals surface area contributed by atoms with Crippen molar-refractivity contribution >= 4 is 29.2 Å². The molecule has 1 heterocycles. The van der Waals surface area contributed by atoms with Crippen LogP contribution in [0.1, 0.15) is 30.0 Å². The van der Waals surface area contributed by atoms with Crippen LogP contribution in [0.15, 0.2) is 54.1 Å². The summed E-state index contributed by atoms with van der Waals surface area (Å²) in [7, 11) is 0. The van der Waals surface area contributed by atoms with Crippen molar-refractivity contribution in [2.24, 2.45) is 5.92 Å². The third kappa shape index (κ3) is 4.77. The second-order valence-electron chi connectivity index (χ2n) is 8.04. The number of likely N-dealkylation sites (tertiary alicyclic amines) is 1. The Morgan fingerprint density at radius 3 is 2.70 bits per heavy atom. The van der Waals surface area contributed by atoms with Crippen molar-refractivity contribution in [1.82, 2.24) is 4.90 Å². The zero-order valence-corrected chi connectivity index (χ0v) is 17.9. The Balaban J connectivity index is 1.34. The maximum absolute atomic E-state index is 11.0. The van der Waals surface area contributed by atoms with Crippen molar-refractivity contribution < 1.29 is 14.6 Å². The van der Waals surface area contributed by atoms with Crippen LogP contribution in [0.5, 0.6) is 5.75 Å². The van der Waals surface area contributed by atoms with E-state index in [-0.39, 0.29) is 5.92 Å². The van der Waals surface area contributed by atoms with Crippen molar-refractivity contribution in [3.05, 3.63) is 75.8 Å². The minimum atomic E-state index is -0.679. The highest BCUT2D eigenvalue weighted by atomic mass is 35.5. The third-order valence-corrected chi connectivity index (χ3v) is 6.21. The number of carbonyl (C=O) groups is 1. The number of aryl methyl sites for hydroxylation is 1. The van der Waals surface area contributed by atoms with Crippen molar-refractivity contribution in [2.45, 2.75) is 19.8 Å². The van der Waals surface area contributed by atoms with Crippen molar-refractivity contribution in [2.75, 3.05) is 26.2 Å². The van der Waals surface area contributed by atoms with Gasteiger partial charge in [0, 0.05) is 24.7 Å². The molecular formula is C25H26ClNO3. The zero-order chi connectivity index (χ0) is 21.1. The number of ether oxygens (including phenoxy) is 1. The van der Waals surface area contributed by atoms with Gasteiger partial charge in [-0.3, -0.25) is 9.69 Å². The summed E-state index contributed by atoms with van der Waals surface area (Å²) in [5.41, 5.74) is 6.45. The summed E-state index contributed by atoms with van der Waals surface area (Å²) >= 11 is 5.91. The molecule has 2 aromatic carbocycles. The van der Waals surface area contributed by atoms with E-state index in [4.69, 9.17) is 21.4 Å². The Morgan fingerprint density at radius 2 is 1.97 bits per heavy atom. The molecule has 2 aromatic rings. The normalized spacial score (nSPS) is 17.1. The van der Waals surface area contributed by atoms with Gasteiger partial charge in [0.15, 0.2) is 0 Å². The summed E-state index contributed by atoms with van der Waals surface area (Å²) in [4.78, 5) is 13.2. The molecular weight excluding hydrogens is 398 g/mol. The number of rotatable bonds is 7. The molecule has 1 fully saturated rings. The summed E-state index contributed by atoms with van der Waals surface area (Å²) in [5.74, 6) is 0.00881. The molecule has 0 bridgehead atoms. The van der Waals surface area contributed by atoms with Crippen LogP contribution < -0.4 is 4.74 Å². The van der Waals surface area contributed by atoms with Gasteiger partial charge in [0.05, 0.1) is 5.92 Å². The Kier molecular flexibility index (Phi) is 6.26. The number of hydrogen-bond donors (Lipinski definition) is 1. The molecule has 0 saturated carbocycles. The van der Waals surface area contributed by atoms with Crippen LogP contribution in [-0.4, -0.2) is 42.2 Å². The number of benzene rings is 2. The lowest BCUT2D eigenvalue weighted by atomic mass is 9.85. The first kappa shape index (κ1) is 20.7. The molecule has 1 aliphatic carbocycles. The zero-order valence-electron chi connectivity index (χ0n) is 17.1. The average Bonchev–Trinajstić information content (AvgIpc) is 2.70. The summed E-state index contributed by atoms with van der Waals surface area (Å²) < 4.78 is 5.91. The number of fused-ring (bicyclic) bond motifs is 1. The number of allylic oxidation sites excluding steroid dienone is 1. The molecule has 0 unspecified atom stereocenters. The fourth-order valence-corrected chi connectivity index (χ4v) is 4.25. The van der Waals surface area contributed by atoms with Crippen LogP contribution in [0.25, 0.3) is 11.6 Å². The van der Waals surface area contributed by atoms with Crippen molar-refractivity contribution in [3.8, 4) is 5.75 Å². The lowest BCUT2D eigenvalue weighted by molar-refractivity contribution is -0.147. The molecule has 156 valence electrons. The molecule has 4 rings (SSSR count). The second kappa shape index (κ2) is 9.07. The number of nitrogens with zero attached hydrogens (tertiary/aromatic N) is 1. The van der Waals surface area contributed by atoms with Gasteiger partial charge < -0.3 is 9.84 Å². The number of carboxylic acids is 1. The Labute approximate surface area is 182 Å². The Morgan fingerprint density at radius 1 is 1.20 bits per heavy atom. The monoisotopic (exact) mass is 423 g/mol. The number of carboxylic acid groups (broad SMARTS) is 1. The van der Waals surface area contributed by atoms with E-state index < -0.39 is 5.97 Å². The quantitative estimate of drug-likeness (QED) is 0.667. The van der Waals surface area contributed by atoms with Gasteiger partial charge in [-0.15, -0.1) is 0 Å². The molecule has 2 aliphatic rings. The van der Waals surface area contributed by atoms with E-state index in [1.807, 2.05) is 42.5 Å². The Hall–Kier alpha value is -2.56. The third-order valence-electron chi connectivity index (χ3n) is 5.95. The highest BCUT2D eigenvalue weighted by molar-refractivity contribution is 6.30. The molecule has 0 aromatic heterocycles. The minimum Gasteiger partial charge on any atom is -0.490 e. The first-order chi connectivity index (χ1) is 14.5. The smallest absolute Gasteiger partial charge is 0.309 e. The fourth-order valence-electron chi connectivity index (χ4n) is 4.12.